The lowest BCUT2D eigenvalue weighted by Gasteiger charge is -2.26. The lowest BCUT2D eigenvalue weighted by Crippen LogP contribution is -2.14. The van der Waals surface area contributed by atoms with Crippen LogP contribution in [-0.4, -0.2) is 0 Å². The molecule has 0 saturated heterocycles. The molecule has 0 aromatic heterocycles. The SMILES string of the molecule is CCC/C=C/[C@H]1CC[C@H](CCc2cc(F)c(F)c(F)c2)CC1. The summed E-state index contributed by atoms with van der Waals surface area (Å²) in [6.07, 6.45) is 13.3. The highest BCUT2D eigenvalue weighted by Crippen LogP contribution is 2.32. The Labute approximate surface area is 131 Å². The maximum absolute atomic E-state index is 13.2. The van der Waals surface area contributed by atoms with Gasteiger partial charge in [-0.1, -0.05) is 25.5 Å². The molecule has 22 heavy (non-hydrogen) atoms. The van der Waals surface area contributed by atoms with Gasteiger partial charge in [0.15, 0.2) is 17.5 Å². The zero-order valence-corrected chi connectivity index (χ0v) is 13.3. The van der Waals surface area contributed by atoms with Crippen LogP contribution in [0.4, 0.5) is 13.2 Å². The monoisotopic (exact) mass is 310 g/mol. The molecule has 1 aliphatic carbocycles. The Balaban J connectivity index is 1.77. The summed E-state index contributed by atoms with van der Waals surface area (Å²) in [5.74, 6) is -2.22. The van der Waals surface area contributed by atoms with Gasteiger partial charge in [-0.3, -0.25) is 0 Å². The third-order valence-corrected chi connectivity index (χ3v) is 4.64. The molecule has 0 unspecified atom stereocenters. The molecule has 0 amide bonds. The lowest BCUT2D eigenvalue weighted by atomic mass is 9.79. The highest BCUT2D eigenvalue weighted by molar-refractivity contribution is 5.19. The van der Waals surface area contributed by atoms with Gasteiger partial charge in [0.1, 0.15) is 0 Å². The first kappa shape index (κ1) is 17.1. The first-order chi connectivity index (χ1) is 10.6. The summed E-state index contributed by atoms with van der Waals surface area (Å²) in [5.41, 5.74) is 0.557. The van der Waals surface area contributed by atoms with Crippen LogP contribution in [0.25, 0.3) is 0 Å². The Morgan fingerprint density at radius 1 is 1.05 bits per heavy atom. The van der Waals surface area contributed by atoms with E-state index < -0.39 is 17.5 Å². The zero-order valence-electron chi connectivity index (χ0n) is 13.3. The van der Waals surface area contributed by atoms with E-state index in [1.165, 1.54) is 32.1 Å². The minimum absolute atomic E-state index is 0.557. The van der Waals surface area contributed by atoms with Crippen molar-refractivity contribution in [2.75, 3.05) is 0 Å². The predicted molar refractivity (Wildman–Crippen MR) is 84.1 cm³/mol. The van der Waals surface area contributed by atoms with Crippen LogP contribution in [0.3, 0.4) is 0 Å². The first-order valence-electron chi connectivity index (χ1n) is 8.40. The van der Waals surface area contributed by atoms with Gasteiger partial charge in [-0.05, 0) is 74.5 Å². The fraction of sp³-hybridized carbons (Fsp3) is 0.579. The normalized spacial score (nSPS) is 22.4. The summed E-state index contributed by atoms with van der Waals surface area (Å²) in [4.78, 5) is 0. The molecular weight excluding hydrogens is 285 g/mol. The molecule has 0 spiro atoms. The van der Waals surface area contributed by atoms with E-state index in [1.54, 1.807) is 0 Å². The van der Waals surface area contributed by atoms with Crippen LogP contribution in [0.15, 0.2) is 24.3 Å². The van der Waals surface area contributed by atoms with E-state index in [-0.39, 0.29) is 0 Å². The average molecular weight is 310 g/mol. The minimum Gasteiger partial charge on any atom is -0.204 e. The van der Waals surface area contributed by atoms with E-state index in [4.69, 9.17) is 0 Å². The molecule has 3 heteroatoms. The molecule has 0 N–H and O–H groups in total. The number of hydrogen-bond donors (Lipinski definition) is 0. The molecule has 0 radical (unpaired) electrons. The second-order valence-corrected chi connectivity index (χ2v) is 6.41. The Morgan fingerprint density at radius 3 is 2.27 bits per heavy atom. The topological polar surface area (TPSA) is 0 Å². The van der Waals surface area contributed by atoms with Crippen LogP contribution in [0.5, 0.6) is 0 Å². The molecule has 0 heterocycles. The summed E-state index contributed by atoms with van der Waals surface area (Å²) in [5, 5.41) is 0. The number of allylic oxidation sites excluding steroid dienone is 2. The molecule has 0 bridgehead atoms. The predicted octanol–water partition coefficient (Wildman–Crippen LogP) is 6.20. The Kier molecular flexibility index (Phi) is 6.53. The van der Waals surface area contributed by atoms with Gasteiger partial charge in [0.05, 0.1) is 0 Å². The van der Waals surface area contributed by atoms with Crippen molar-refractivity contribution in [3.8, 4) is 0 Å². The van der Waals surface area contributed by atoms with Crippen LogP contribution >= 0.6 is 0 Å². The Bertz CT molecular complexity index is 476. The standard InChI is InChI=1S/C19H25F3/c1-2-3-4-5-14-6-8-15(9-7-14)10-11-16-12-17(20)19(22)18(21)13-16/h4-5,12-15H,2-3,6-11H2,1H3/b5-4+/t14-,15-. The molecular formula is C19H25F3. The molecule has 0 atom stereocenters. The number of aryl methyl sites for hydroxylation is 1. The van der Waals surface area contributed by atoms with Gasteiger partial charge in [0, 0.05) is 0 Å². The van der Waals surface area contributed by atoms with Gasteiger partial charge in [0.25, 0.3) is 0 Å². The van der Waals surface area contributed by atoms with Crippen molar-refractivity contribution in [3.05, 3.63) is 47.3 Å². The quantitative estimate of drug-likeness (QED) is 0.433. The molecule has 1 saturated carbocycles. The van der Waals surface area contributed by atoms with Crippen LogP contribution in [0, 0.1) is 29.3 Å². The maximum atomic E-state index is 13.2. The van der Waals surface area contributed by atoms with E-state index >= 15 is 0 Å². The van der Waals surface area contributed by atoms with Crippen LogP contribution in [-0.2, 0) is 6.42 Å². The van der Waals surface area contributed by atoms with Crippen molar-refractivity contribution in [2.45, 2.75) is 58.3 Å². The first-order valence-corrected chi connectivity index (χ1v) is 8.40. The molecule has 0 aliphatic heterocycles. The van der Waals surface area contributed by atoms with Gasteiger partial charge in [-0.15, -0.1) is 0 Å². The van der Waals surface area contributed by atoms with Gasteiger partial charge in [0.2, 0.25) is 0 Å². The van der Waals surface area contributed by atoms with E-state index in [1.807, 2.05) is 0 Å². The maximum Gasteiger partial charge on any atom is 0.194 e. The average Bonchev–Trinajstić information content (AvgIpc) is 2.52. The zero-order chi connectivity index (χ0) is 15.9. The highest BCUT2D eigenvalue weighted by Gasteiger charge is 2.19. The van der Waals surface area contributed by atoms with Crippen molar-refractivity contribution >= 4 is 0 Å². The smallest absolute Gasteiger partial charge is 0.194 e. The van der Waals surface area contributed by atoms with Crippen molar-refractivity contribution in [2.24, 2.45) is 11.8 Å². The van der Waals surface area contributed by atoms with Gasteiger partial charge in [-0.25, -0.2) is 13.2 Å². The van der Waals surface area contributed by atoms with Gasteiger partial charge >= 0.3 is 0 Å². The van der Waals surface area contributed by atoms with Crippen LogP contribution < -0.4 is 0 Å². The van der Waals surface area contributed by atoms with Crippen molar-refractivity contribution in [3.63, 3.8) is 0 Å². The number of halogens is 3. The summed E-state index contributed by atoms with van der Waals surface area (Å²) >= 11 is 0. The Hall–Kier alpha value is -1.25. The number of hydrogen-bond acceptors (Lipinski definition) is 0. The second-order valence-electron chi connectivity index (χ2n) is 6.41. The fourth-order valence-corrected chi connectivity index (χ4v) is 3.25. The van der Waals surface area contributed by atoms with E-state index in [0.29, 0.717) is 23.8 Å². The van der Waals surface area contributed by atoms with Crippen LogP contribution in [0.1, 0.15) is 57.4 Å². The molecule has 2 rings (SSSR count). The molecule has 1 aliphatic rings. The molecule has 1 aromatic carbocycles. The summed E-state index contributed by atoms with van der Waals surface area (Å²) < 4.78 is 39.3. The van der Waals surface area contributed by atoms with Crippen LogP contribution in [0.2, 0.25) is 0 Å². The van der Waals surface area contributed by atoms with E-state index in [2.05, 4.69) is 19.1 Å². The highest BCUT2D eigenvalue weighted by atomic mass is 19.2. The van der Waals surface area contributed by atoms with Gasteiger partial charge < -0.3 is 0 Å². The number of unbranched alkanes of at least 4 members (excludes halogenated alkanes) is 1. The Morgan fingerprint density at radius 2 is 1.68 bits per heavy atom. The molecule has 1 fully saturated rings. The summed E-state index contributed by atoms with van der Waals surface area (Å²) in [6, 6.07) is 2.25. The molecule has 122 valence electrons. The fourth-order valence-electron chi connectivity index (χ4n) is 3.25. The van der Waals surface area contributed by atoms with Crippen molar-refractivity contribution in [1.82, 2.24) is 0 Å². The molecule has 1 aromatic rings. The number of benzene rings is 1. The third-order valence-electron chi connectivity index (χ3n) is 4.64. The third kappa shape index (κ3) is 4.89. The largest absolute Gasteiger partial charge is 0.204 e. The van der Waals surface area contributed by atoms with Crippen molar-refractivity contribution in [1.29, 1.82) is 0 Å². The van der Waals surface area contributed by atoms with E-state index in [0.717, 1.165) is 25.0 Å². The molecule has 0 nitrogen and oxygen atoms in total. The van der Waals surface area contributed by atoms with E-state index in [9.17, 15) is 13.2 Å². The van der Waals surface area contributed by atoms with Crippen molar-refractivity contribution < 1.29 is 13.2 Å². The summed E-state index contributed by atoms with van der Waals surface area (Å²) in [7, 11) is 0. The number of rotatable bonds is 6. The second kappa shape index (κ2) is 8.40. The lowest BCUT2D eigenvalue weighted by molar-refractivity contribution is 0.295. The van der Waals surface area contributed by atoms with Gasteiger partial charge in [-0.2, -0.15) is 0 Å². The summed E-state index contributed by atoms with van der Waals surface area (Å²) in [6.45, 7) is 2.18. The minimum atomic E-state index is -1.37.